The Kier molecular flexibility index (Phi) is 2.55. The maximum atomic E-state index is 11.8. The zero-order valence-electron chi connectivity index (χ0n) is 8.60. The zero-order valence-corrected chi connectivity index (χ0v) is 9.42. The monoisotopic (exact) mass is 219 g/mol. The van der Waals surface area contributed by atoms with Crippen molar-refractivity contribution in [3.63, 3.8) is 0 Å². The second-order valence-corrected chi connectivity index (χ2v) is 6.43. The molecule has 0 saturated carbocycles. The second-order valence-electron chi connectivity index (χ2n) is 4.29. The summed E-state index contributed by atoms with van der Waals surface area (Å²) < 4.78 is 26.5. The molecule has 2 fully saturated rings. The van der Waals surface area contributed by atoms with Crippen LogP contribution in [0.5, 0.6) is 0 Å². The molecule has 0 aliphatic carbocycles. The van der Waals surface area contributed by atoms with E-state index < -0.39 is 10.2 Å². The summed E-state index contributed by atoms with van der Waals surface area (Å²) in [6.07, 6.45) is 0. The van der Waals surface area contributed by atoms with Gasteiger partial charge in [-0.15, -0.1) is 0 Å². The molecule has 2 aliphatic heterocycles. The van der Waals surface area contributed by atoms with E-state index in [1.165, 1.54) is 4.31 Å². The quantitative estimate of drug-likeness (QED) is 0.644. The van der Waals surface area contributed by atoms with Gasteiger partial charge < -0.3 is 5.32 Å². The lowest BCUT2D eigenvalue weighted by molar-refractivity contribution is 0.403. The van der Waals surface area contributed by atoms with Crippen molar-refractivity contribution in [3.8, 4) is 0 Å². The van der Waals surface area contributed by atoms with Crippen LogP contribution in [0.25, 0.3) is 0 Å². The first kappa shape index (κ1) is 10.4. The number of nitrogens with zero attached hydrogens (tertiary/aromatic N) is 2. The minimum Gasteiger partial charge on any atom is -0.316 e. The van der Waals surface area contributed by atoms with Gasteiger partial charge >= 0.3 is 0 Å². The van der Waals surface area contributed by atoms with Gasteiger partial charge in [-0.05, 0) is 24.9 Å². The molecular formula is C8H17N3O2S. The third-order valence-corrected chi connectivity index (χ3v) is 5.02. The largest absolute Gasteiger partial charge is 0.316 e. The van der Waals surface area contributed by atoms with Crippen LogP contribution in [0.15, 0.2) is 0 Å². The van der Waals surface area contributed by atoms with Crippen molar-refractivity contribution in [2.45, 2.75) is 0 Å². The van der Waals surface area contributed by atoms with Gasteiger partial charge in [-0.3, -0.25) is 0 Å². The molecule has 14 heavy (non-hydrogen) atoms. The fraction of sp³-hybridized carbons (Fsp3) is 1.00. The van der Waals surface area contributed by atoms with Gasteiger partial charge in [0.15, 0.2) is 0 Å². The van der Waals surface area contributed by atoms with E-state index in [1.54, 1.807) is 18.4 Å². The molecule has 5 nitrogen and oxygen atoms in total. The van der Waals surface area contributed by atoms with E-state index in [-0.39, 0.29) is 0 Å². The summed E-state index contributed by atoms with van der Waals surface area (Å²) in [4.78, 5) is 0. The molecule has 6 heteroatoms. The first-order chi connectivity index (χ1) is 6.51. The highest BCUT2D eigenvalue weighted by atomic mass is 32.2. The van der Waals surface area contributed by atoms with Gasteiger partial charge in [0.25, 0.3) is 10.2 Å². The van der Waals surface area contributed by atoms with Crippen molar-refractivity contribution < 1.29 is 8.42 Å². The summed E-state index contributed by atoms with van der Waals surface area (Å²) in [6, 6.07) is 0. The smallest absolute Gasteiger partial charge is 0.281 e. The normalized spacial score (nSPS) is 33.9. The maximum absolute atomic E-state index is 11.8. The molecule has 0 unspecified atom stereocenters. The van der Waals surface area contributed by atoms with Crippen LogP contribution in [0.1, 0.15) is 0 Å². The standard InChI is InChI=1S/C8H17N3O2S/c1-10(2)14(12,13)11-5-7-3-9-4-8(7)6-11/h7-9H,3-6H2,1-2H3/t7-,8+. The van der Waals surface area contributed by atoms with Crippen LogP contribution in [0.4, 0.5) is 0 Å². The number of rotatable bonds is 2. The van der Waals surface area contributed by atoms with Crippen LogP contribution in [0.2, 0.25) is 0 Å². The summed E-state index contributed by atoms with van der Waals surface area (Å²) in [6.45, 7) is 3.28. The molecule has 0 spiro atoms. The Morgan fingerprint density at radius 1 is 1.21 bits per heavy atom. The molecule has 2 rings (SSSR count). The lowest BCUT2D eigenvalue weighted by Gasteiger charge is -2.21. The highest BCUT2D eigenvalue weighted by Crippen LogP contribution is 2.28. The number of nitrogens with one attached hydrogen (secondary N) is 1. The SMILES string of the molecule is CN(C)S(=O)(=O)N1C[C@H]2CNC[C@H]2C1. The summed E-state index contributed by atoms with van der Waals surface area (Å²) >= 11 is 0. The summed E-state index contributed by atoms with van der Waals surface area (Å²) in [5, 5.41) is 3.29. The lowest BCUT2D eigenvalue weighted by atomic mass is 10.0. The van der Waals surface area contributed by atoms with Gasteiger partial charge in [-0.1, -0.05) is 0 Å². The van der Waals surface area contributed by atoms with Gasteiger partial charge in [-0.25, -0.2) is 0 Å². The Labute approximate surface area is 85.2 Å². The van der Waals surface area contributed by atoms with Crippen molar-refractivity contribution >= 4 is 10.2 Å². The van der Waals surface area contributed by atoms with E-state index in [2.05, 4.69) is 5.32 Å². The van der Waals surface area contributed by atoms with E-state index in [0.29, 0.717) is 24.9 Å². The summed E-state index contributed by atoms with van der Waals surface area (Å²) in [5.74, 6) is 1.04. The van der Waals surface area contributed by atoms with E-state index >= 15 is 0 Å². The number of hydrogen-bond acceptors (Lipinski definition) is 3. The minimum absolute atomic E-state index is 0.518. The van der Waals surface area contributed by atoms with Crippen molar-refractivity contribution in [2.24, 2.45) is 11.8 Å². The molecule has 82 valence electrons. The van der Waals surface area contributed by atoms with E-state index in [1.807, 2.05) is 0 Å². The van der Waals surface area contributed by atoms with Crippen LogP contribution in [-0.4, -0.2) is 57.3 Å². The van der Waals surface area contributed by atoms with Crippen molar-refractivity contribution in [1.82, 2.24) is 13.9 Å². The lowest BCUT2D eigenvalue weighted by Crippen LogP contribution is -2.39. The van der Waals surface area contributed by atoms with Crippen molar-refractivity contribution in [2.75, 3.05) is 40.3 Å². The van der Waals surface area contributed by atoms with Crippen LogP contribution in [0.3, 0.4) is 0 Å². The van der Waals surface area contributed by atoms with Crippen molar-refractivity contribution in [3.05, 3.63) is 0 Å². The Bertz CT molecular complexity index is 303. The highest BCUT2D eigenvalue weighted by molar-refractivity contribution is 7.86. The van der Waals surface area contributed by atoms with Gasteiger partial charge in [0.2, 0.25) is 0 Å². The Morgan fingerprint density at radius 2 is 1.71 bits per heavy atom. The fourth-order valence-electron chi connectivity index (χ4n) is 2.23. The highest BCUT2D eigenvalue weighted by Gasteiger charge is 2.41. The van der Waals surface area contributed by atoms with E-state index in [9.17, 15) is 8.42 Å². The Morgan fingerprint density at radius 3 is 2.14 bits per heavy atom. The molecule has 2 heterocycles. The van der Waals surface area contributed by atoms with E-state index in [0.717, 1.165) is 13.1 Å². The molecule has 0 aromatic carbocycles. The maximum Gasteiger partial charge on any atom is 0.281 e. The average Bonchev–Trinajstić information content (AvgIpc) is 2.60. The molecule has 0 amide bonds. The molecule has 0 radical (unpaired) electrons. The fourth-order valence-corrected chi connectivity index (χ4v) is 3.45. The molecule has 0 aromatic heterocycles. The topological polar surface area (TPSA) is 52.7 Å². The van der Waals surface area contributed by atoms with Gasteiger partial charge in [0, 0.05) is 27.2 Å². The van der Waals surface area contributed by atoms with E-state index in [4.69, 9.17) is 0 Å². The Hall–Kier alpha value is -0.170. The molecule has 0 bridgehead atoms. The summed E-state index contributed by atoms with van der Waals surface area (Å²) in [7, 11) is -0.00976. The molecule has 1 N–H and O–H groups in total. The molecule has 2 aliphatic rings. The molecule has 2 atom stereocenters. The third kappa shape index (κ3) is 1.56. The van der Waals surface area contributed by atoms with Gasteiger partial charge in [0.1, 0.15) is 0 Å². The molecule has 2 saturated heterocycles. The van der Waals surface area contributed by atoms with Crippen LogP contribution < -0.4 is 5.32 Å². The molecular weight excluding hydrogens is 202 g/mol. The third-order valence-electron chi connectivity index (χ3n) is 3.14. The van der Waals surface area contributed by atoms with Crippen LogP contribution in [-0.2, 0) is 10.2 Å². The Balaban J connectivity index is 2.09. The van der Waals surface area contributed by atoms with Gasteiger partial charge in [-0.2, -0.15) is 17.0 Å². The minimum atomic E-state index is -3.18. The van der Waals surface area contributed by atoms with Crippen LogP contribution in [0, 0.1) is 11.8 Å². The molecule has 0 aromatic rings. The summed E-state index contributed by atoms with van der Waals surface area (Å²) in [5.41, 5.74) is 0. The number of hydrogen-bond donors (Lipinski definition) is 1. The number of fused-ring (bicyclic) bond motifs is 1. The first-order valence-electron chi connectivity index (χ1n) is 4.90. The van der Waals surface area contributed by atoms with Crippen LogP contribution >= 0.6 is 0 Å². The predicted octanol–water partition coefficient (Wildman–Crippen LogP) is -1.06. The first-order valence-corrected chi connectivity index (χ1v) is 6.30. The second kappa shape index (κ2) is 3.44. The van der Waals surface area contributed by atoms with Gasteiger partial charge in [0.05, 0.1) is 0 Å². The van der Waals surface area contributed by atoms with Crippen molar-refractivity contribution in [1.29, 1.82) is 0 Å². The average molecular weight is 219 g/mol. The predicted molar refractivity (Wildman–Crippen MR) is 54.0 cm³/mol. The zero-order chi connectivity index (χ0) is 10.3.